The highest BCUT2D eigenvalue weighted by Gasteiger charge is 2.22. The fourth-order valence-corrected chi connectivity index (χ4v) is 3.84. The minimum atomic E-state index is -0.0594. The quantitative estimate of drug-likeness (QED) is 0.488. The highest BCUT2D eigenvalue weighted by atomic mass is 35.5. The first-order valence-corrected chi connectivity index (χ1v) is 9.94. The van der Waals surface area contributed by atoms with Crippen LogP contribution in [0.1, 0.15) is 29.0 Å². The molecule has 2 aromatic carbocycles. The predicted octanol–water partition coefficient (Wildman–Crippen LogP) is 5.07. The van der Waals surface area contributed by atoms with Crippen LogP contribution in [-0.4, -0.2) is 15.5 Å². The van der Waals surface area contributed by atoms with E-state index in [1.165, 1.54) is 0 Å². The van der Waals surface area contributed by atoms with E-state index < -0.39 is 0 Å². The van der Waals surface area contributed by atoms with Gasteiger partial charge in [0.1, 0.15) is 0 Å². The van der Waals surface area contributed by atoms with E-state index in [1.54, 1.807) is 12.4 Å². The number of nitrogens with zero attached hydrogens (tertiary/aromatic N) is 2. The molecule has 146 valence electrons. The van der Waals surface area contributed by atoms with E-state index in [9.17, 15) is 4.79 Å². The molecule has 0 saturated heterocycles. The first-order valence-electron chi connectivity index (χ1n) is 9.57. The second-order valence-electron chi connectivity index (χ2n) is 7.15. The Hall–Kier alpha value is -3.11. The second kappa shape index (κ2) is 8.50. The van der Waals surface area contributed by atoms with Gasteiger partial charge >= 0.3 is 0 Å². The van der Waals surface area contributed by atoms with E-state index >= 15 is 0 Å². The van der Waals surface area contributed by atoms with E-state index in [1.807, 2.05) is 55.6 Å². The monoisotopic (exact) mass is 403 g/mol. The van der Waals surface area contributed by atoms with Crippen LogP contribution in [-0.2, 0) is 18.4 Å². The molecule has 0 radical (unpaired) electrons. The molecule has 1 amide bonds. The number of carbonyl (C=O) groups is 1. The Balaban J connectivity index is 1.63. The number of pyridine rings is 1. The fraction of sp³-hybridized carbons (Fsp3) is 0.167. The Bertz CT molecular complexity index is 1120. The number of nitrogens with one attached hydrogen (secondary N) is 1. The molecule has 4 nitrogen and oxygen atoms in total. The normalized spacial score (nSPS) is 12.1. The van der Waals surface area contributed by atoms with Gasteiger partial charge in [0.15, 0.2) is 0 Å². The van der Waals surface area contributed by atoms with Crippen LogP contribution in [0.5, 0.6) is 0 Å². The van der Waals surface area contributed by atoms with Gasteiger partial charge in [-0.3, -0.25) is 9.78 Å². The summed E-state index contributed by atoms with van der Waals surface area (Å²) in [4.78, 5) is 16.8. The van der Waals surface area contributed by atoms with Gasteiger partial charge in [-0.15, -0.1) is 0 Å². The third-order valence-corrected chi connectivity index (χ3v) is 5.46. The molecule has 5 heteroatoms. The summed E-state index contributed by atoms with van der Waals surface area (Å²) < 4.78 is 2.11. The lowest BCUT2D eigenvalue weighted by molar-refractivity contribution is -0.121. The SMILES string of the molecule is Cn1cc(C(CC(=O)NCc2ccncc2)c2ccc(Cl)cc2)c2ccccc21. The van der Waals surface area contributed by atoms with Crippen LogP contribution in [0.2, 0.25) is 5.02 Å². The minimum Gasteiger partial charge on any atom is -0.352 e. The van der Waals surface area contributed by atoms with Gasteiger partial charge < -0.3 is 9.88 Å². The van der Waals surface area contributed by atoms with Gasteiger partial charge in [-0.25, -0.2) is 0 Å². The van der Waals surface area contributed by atoms with Gasteiger partial charge in [0.2, 0.25) is 5.91 Å². The first-order chi connectivity index (χ1) is 14.1. The molecular weight excluding hydrogens is 382 g/mol. The molecule has 0 bridgehead atoms. The summed E-state index contributed by atoms with van der Waals surface area (Å²) in [5.74, 6) is -0.0505. The number of amides is 1. The predicted molar refractivity (Wildman–Crippen MR) is 117 cm³/mol. The number of halogens is 1. The minimum absolute atomic E-state index is 0.00898. The average Bonchev–Trinajstić information content (AvgIpc) is 3.09. The van der Waals surface area contributed by atoms with Crippen LogP contribution in [0, 0.1) is 0 Å². The van der Waals surface area contributed by atoms with Gasteiger partial charge in [0, 0.05) is 60.4 Å². The second-order valence-corrected chi connectivity index (χ2v) is 7.59. The molecule has 4 rings (SSSR count). The van der Waals surface area contributed by atoms with Crippen LogP contribution in [0.25, 0.3) is 10.9 Å². The zero-order valence-corrected chi connectivity index (χ0v) is 16.9. The molecule has 29 heavy (non-hydrogen) atoms. The van der Waals surface area contributed by atoms with E-state index in [0.29, 0.717) is 18.0 Å². The Kier molecular flexibility index (Phi) is 5.63. The van der Waals surface area contributed by atoms with Crippen molar-refractivity contribution in [1.29, 1.82) is 0 Å². The third kappa shape index (κ3) is 4.33. The van der Waals surface area contributed by atoms with Crippen molar-refractivity contribution in [2.24, 2.45) is 7.05 Å². The molecule has 0 aliphatic rings. The molecule has 1 N–H and O–H groups in total. The molecule has 0 saturated carbocycles. The maximum atomic E-state index is 12.8. The van der Waals surface area contributed by atoms with Crippen molar-refractivity contribution in [3.05, 3.63) is 101 Å². The highest BCUT2D eigenvalue weighted by Crippen LogP contribution is 2.34. The summed E-state index contributed by atoms with van der Waals surface area (Å²) in [6.45, 7) is 0.490. The molecule has 1 unspecified atom stereocenters. The number of aryl methyl sites for hydroxylation is 1. The molecule has 2 heterocycles. The van der Waals surface area contributed by atoms with Crippen LogP contribution in [0.15, 0.2) is 79.3 Å². The summed E-state index contributed by atoms with van der Waals surface area (Å²) in [6, 6.07) is 19.9. The Morgan fingerprint density at radius 1 is 1.07 bits per heavy atom. The molecule has 0 fully saturated rings. The summed E-state index contributed by atoms with van der Waals surface area (Å²) in [6.07, 6.45) is 5.95. The summed E-state index contributed by atoms with van der Waals surface area (Å²) >= 11 is 6.10. The molecule has 0 aliphatic carbocycles. The number of hydrogen-bond donors (Lipinski definition) is 1. The number of benzene rings is 2. The molecule has 0 aliphatic heterocycles. The number of aromatic nitrogens is 2. The zero-order chi connectivity index (χ0) is 20.2. The van der Waals surface area contributed by atoms with Gasteiger partial charge in [0.05, 0.1) is 0 Å². The van der Waals surface area contributed by atoms with Crippen molar-refractivity contribution in [2.45, 2.75) is 18.9 Å². The van der Waals surface area contributed by atoms with Crippen molar-refractivity contribution in [2.75, 3.05) is 0 Å². The molecular formula is C24H22ClN3O. The largest absolute Gasteiger partial charge is 0.352 e. The van der Waals surface area contributed by atoms with Gasteiger partial charge in [0.25, 0.3) is 0 Å². The number of rotatable bonds is 6. The van der Waals surface area contributed by atoms with E-state index in [0.717, 1.165) is 27.6 Å². The number of para-hydroxylation sites is 1. The van der Waals surface area contributed by atoms with Crippen LogP contribution < -0.4 is 5.32 Å². The van der Waals surface area contributed by atoms with Crippen molar-refractivity contribution in [3.8, 4) is 0 Å². The number of fused-ring (bicyclic) bond motifs is 1. The Morgan fingerprint density at radius 3 is 2.55 bits per heavy atom. The Morgan fingerprint density at radius 2 is 1.79 bits per heavy atom. The Labute approximate surface area is 175 Å². The van der Waals surface area contributed by atoms with Crippen molar-refractivity contribution >= 4 is 28.4 Å². The lowest BCUT2D eigenvalue weighted by atomic mass is 9.88. The van der Waals surface area contributed by atoms with Gasteiger partial charge in [-0.2, -0.15) is 0 Å². The highest BCUT2D eigenvalue weighted by molar-refractivity contribution is 6.30. The van der Waals surface area contributed by atoms with Crippen molar-refractivity contribution in [3.63, 3.8) is 0 Å². The van der Waals surface area contributed by atoms with Crippen LogP contribution in [0.3, 0.4) is 0 Å². The van der Waals surface area contributed by atoms with Crippen LogP contribution in [0.4, 0.5) is 0 Å². The number of hydrogen-bond acceptors (Lipinski definition) is 2. The lowest BCUT2D eigenvalue weighted by Gasteiger charge is -2.17. The summed E-state index contributed by atoms with van der Waals surface area (Å²) in [5, 5.41) is 4.89. The lowest BCUT2D eigenvalue weighted by Crippen LogP contribution is -2.25. The van der Waals surface area contributed by atoms with Crippen molar-refractivity contribution in [1.82, 2.24) is 14.9 Å². The van der Waals surface area contributed by atoms with Crippen molar-refractivity contribution < 1.29 is 4.79 Å². The van der Waals surface area contributed by atoms with E-state index in [2.05, 4.69) is 33.2 Å². The zero-order valence-electron chi connectivity index (χ0n) is 16.2. The number of carbonyl (C=O) groups excluding carboxylic acids is 1. The molecule has 1 atom stereocenters. The maximum Gasteiger partial charge on any atom is 0.221 e. The fourth-order valence-electron chi connectivity index (χ4n) is 3.71. The maximum absolute atomic E-state index is 12.8. The van der Waals surface area contributed by atoms with Gasteiger partial charge in [-0.1, -0.05) is 41.9 Å². The third-order valence-electron chi connectivity index (χ3n) is 5.20. The van der Waals surface area contributed by atoms with Crippen LogP contribution >= 0.6 is 11.6 Å². The smallest absolute Gasteiger partial charge is 0.221 e. The molecule has 4 aromatic rings. The summed E-state index contributed by atoms with van der Waals surface area (Å²) in [5.41, 5.74) is 4.40. The van der Waals surface area contributed by atoms with E-state index in [4.69, 9.17) is 11.6 Å². The topological polar surface area (TPSA) is 46.9 Å². The van der Waals surface area contributed by atoms with Gasteiger partial charge in [-0.05, 0) is 47.0 Å². The van der Waals surface area contributed by atoms with E-state index in [-0.39, 0.29) is 11.8 Å². The molecule has 0 spiro atoms. The first kappa shape index (κ1) is 19.2. The average molecular weight is 404 g/mol. The summed E-state index contributed by atoms with van der Waals surface area (Å²) in [7, 11) is 2.04. The molecule has 2 aromatic heterocycles. The standard InChI is InChI=1S/C24H22ClN3O/c1-28-16-22(20-4-2-3-5-23(20)28)21(18-6-8-19(25)9-7-18)14-24(29)27-15-17-10-12-26-13-11-17/h2-13,16,21H,14-15H2,1H3,(H,27,29).